The lowest BCUT2D eigenvalue weighted by molar-refractivity contribution is 0.669. The Bertz CT molecular complexity index is 3390. The predicted octanol–water partition coefficient (Wildman–Crippen LogP) is 15.2. The minimum Gasteiger partial charge on any atom is -0.456 e. The number of rotatable bonds is 3. The van der Waals surface area contributed by atoms with Gasteiger partial charge in [0.05, 0.1) is 0 Å². The summed E-state index contributed by atoms with van der Waals surface area (Å²) in [7, 11) is 0. The van der Waals surface area contributed by atoms with Crippen LogP contribution < -0.4 is 0 Å². The Kier molecular flexibility index (Phi) is 5.96. The molecular formula is C50H28O2S. The van der Waals surface area contributed by atoms with Gasteiger partial charge in [-0.1, -0.05) is 140 Å². The Morgan fingerprint density at radius 1 is 0.321 bits per heavy atom. The van der Waals surface area contributed by atoms with Gasteiger partial charge in [0.15, 0.2) is 0 Å². The minimum absolute atomic E-state index is 0.916. The zero-order valence-corrected chi connectivity index (χ0v) is 29.2. The fraction of sp³-hybridized carbons (Fsp3) is 0. The second kappa shape index (κ2) is 10.9. The monoisotopic (exact) mass is 692 g/mol. The lowest BCUT2D eigenvalue weighted by atomic mass is 9.85. The van der Waals surface area contributed by atoms with Gasteiger partial charge in [0.1, 0.15) is 22.3 Å². The number of para-hydroxylation sites is 2. The molecular weight excluding hydrogens is 665 g/mol. The van der Waals surface area contributed by atoms with Crippen LogP contribution in [-0.4, -0.2) is 0 Å². The van der Waals surface area contributed by atoms with Gasteiger partial charge in [-0.05, 0) is 74.0 Å². The van der Waals surface area contributed by atoms with Crippen molar-refractivity contribution in [2.24, 2.45) is 0 Å². The molecule has 0 atom stereocenters. The van der Waals surface area contributed by atoms with Gasteiger partial charge in [0.25, 0.3) is 0 Å². The summed E-state index contributed by atoms with van der Waals surface area (Å²) in [5, 5.41) is 13.1. The van der Waals surface area contributed by atoms with E-state index in [1.165, 1.54) is 69.7 Å². The molecule has 0 saturated carbocycles. The topological polar surface area (TPSA) is 26.3 Å². The highest BCUT2D eigenvalue weighted by molar-refractivity contribution is 7.23. The van der Waals surface area contributed by atoms with E-state index in [0.29, 0.717) is 0 Å². The summed E-state index contributed by atoms with van der Waals surface area (Å²) in [4.78, 5) is 1.27. The Labute approximate surface area is 307 Å². The predicted molar refractivity (Wildman–Crippen MR) is 225 cm³/mol. The Hall–Kier alpha value is -6.68. The van der Waals surface area contributed by atoms with Crippen LogP contribution in [-0.2, 0) is 0 Å². The van der Waals surface area contributed by atoms with Gasteiger partial charge in [-0.3, -0.25) is 0 Å². The van der Waals surface area contributed by atoms with E-state index in [4.69, 9.17) is 8.83 Å². The molecule has 3 heterocycles. The van der Waals surface area contributed by atoms with Crippen molar-refractivity contribution in [1.82, 2.24) is 0 Å². The summed E-state index contributed by atoms with van der Waals surface area (Å²) in [6, 6.07) is 61.3. The van der Waals surface area contributed by atoms with Crippen LogP contribution in [0.3, 0.4) is 0 Å². The molecule has 12 rings (SSSR count). The number of hydrogen-bond donors (Lipinski definition) is 0. The Balaban J connectivity index is 1.20. The maximum Gasteiger partial charge on any atom is 0.143 e. The van der Waals surface area contributed by atoms with Crippen LogP contribution in [0.1, 0.15) is 0 Å². The van der Waals surface area contributed by atoms with Gasteiger partial charge < -0.3 is 8.83 Å². The average molecular weight is 693 g/mol. The Morgan fingerprint density at radius 3 is 1.58 bits per heavy atom. The van der Waals surface area contributed by atoms with E-state index in [2.05, 4.69) is 158 Å². The SMILES string of the molecule is c1ccc(-c2c(-c3c4ccccc4c(-c4cccc5c4ccc4c6ccccc6oc54)c4ccccc34)sc3cc4oc5ccccc5c4cc23)cc1. The van der Waals surface area contributed by atoms with Crippen LogP contribution in [0.15, 0.2) is 179 Å². The summed E-state index contributed by atoms with van der Waals surface area (Å²) in [6.45, 7) is 0. The van der Waals surface area contributed by atoms with Gasteiger partial charge in [0.2, 0.25) is 0 Å². The third kappa shape index (κ3) is 4.08. The normalized spacial score (nSPS) is 12.2. The molecule has 12 aromatic rings. The second-order valence-corrected chi connectivity index (χ2v) is 14.9. The molecule has 0 aliphatic heterocycles. The molecule has 0 spiro atoms. The van der Waals surface area contributed by atoms with Crippen molar-refractivity contribution < 1.29 is 8.83 Å². The van der Waals surface area contributed by atoms with Crippen molar-refractivity contribution in [3.05, 3.63) is 170 Å². The molecule has 0 aliphatic rings. The molecule has 0 fully saturated rings. The van der Waals surface area contributed by atoms with E-state index in [-0.39, 0.29) is 0 Å². The molecule has 9 aromatic carbocycles. The molecule has 0 aliphatic carbocycles. The molecule has 0 amide bonds. The van der Waals surface area contributed by atoms with Crippen molar-refractivity contribution in [2.45, 2.75) is 0 Å². The lowest BCUT2D eigenvalue weighted by Gasteiger charge is -2.19. The van der Waals surface area contributed by atoms with Crippen molar-refractivity contribution in [3.63, 3.8) is 0 Å². The third-order valence-corrected chi connectivity index (χ3v) is 12.2. The maximum absolute atomic E-state index is 6.53. The first-order chi connectivity index (χ1) is 26.3. The number of furan rings is 2. The van der Waals surface area contributed by atoms with Gasteiger partial charge >= 0.3 is 0 Å². The minimum atomic E-state index is 0.916. The van der Waals surface area contributed by atoms with E-state index in [1.54, 1.807) is 0 Å². The molecule has 53 heavy (non-hydrogen) atoms. The van der Waals surface area contributed by atoms with E-state index >= 15 is 0 Å². The van der Waals surface area contributed by atoms with Gasteiger partial charge in [-0.2, -0.15) is 0 Å². The summed E-state index contributed by atoms with van der Waals surface area (Å²) in [5.41, 5.74) is 9.88. The number of benzene rings is 9. The molecule has 0 radical (unpaired) electrons. The number of thiophene rings is 1. The first-order valence-electron chi connectivity index (χ1n) is 18.0. The first kappa shape index (κ1) is 29.0. The molecule has 0 N–H and O–H groups in total. The van der Waals surface area contributed by atoms with Gasteiger partial charge in [0, 0.05) is 53.0 Å². The molecule has 3 heteroatoms. The second-order valence-electron chi connectivity index (χ2n) is 13.9. The van der Waals surface area contributed by atoms with Crippen LogP contribution >= 0.6 is 11.3 Å². The van der Waals surface area contributed by atoms with E-state index in [0.717, 1.165) is 49.3 Å². The molecule has 246 valence electrons. The number of fused-ring (bicyclic) bond motifs is 11. The first-order valence-corrected chi connectivity index (χ1v) is 18.8. The van der Waals surface area contributed by atoms with Crippen molar-refractivity contribution in [3.8, 4) is 32.7 Å². The van der Waals surface area contributed by atoms with Gasteiger partial charge in [-0.25, -0.2) is 0 Å². The Morgan fingerprint density at radius 2 is 0.868 bits per heavy atom. The average Bonchev–Trinajstić information content (AvgIpc) is 3.90. The fourth-order valence-corrected chi connectivity index (χ4v) is 10.1. The zero-order valence-electron chi connectivity index (χ0n) is 28.4. The zero-order chi connectivity index (χ0) is 34.6. The largest absolute Gasteiger partial charge is 0.456 e. The molecule has 0 saturated heterocycles. The number of hydrogen-bond acceptors (Lipinski definition) is 3. The van der Waals surface area contributed by atoms with Crippen LogP contribution in [0.4, 0.5) is 0 Å². The standard InChI is InChI=1S/C50H28O2S/c1-2-13-29(14-3-1)46-41-27-40-32-16-9-10-23-42(32)51-44(40)28-45(41)53-50(46)48-36-19-6-4-17-34(36)47(35-18-5-7-20-37(35)48)33-21-12-22-38-30(33)25-26-39-31-15-8-11-24-43(31)52-49(38)39/h1-28H. The smallest absolute Gasteiger partial charge is 0.143 e. The quantitative estimate of drug-likeness (QED) is 0.172. The van der Waals surface area contributed by atoms with E-state index in [1.807, 2.05) is 23.5 Å². The van der Waals surface area contributed by atoms with Crippen molar-refractivity contribution in [2.75, 3.05) is 0 Å². The lowest BCUT2D eigenvalue weighted by Crippen LogP contribution is -1.91. The van der Waals surface area contributed by atoms with Crippen molar-refractivity contribution in [1.29, 1.82) is 0 Å². The summed E-state index contributed by atoms with van der Waals surface area (Å²) in [6.07, 6.45) is 0. The highest BCUT2D eigenvalue weighted by Gasteiger charge is 2.24. The molecule has 3 aromatic heterocycles. The molecule has 0 unspecified atom stereocenters. The van der Waals surface area contributed by atoms with Gasteiger partial charge in [-0.15, -0.1) is 11.3 Å². The fourth-order valence-electron chi connectivity index (χ4n) is 8.80. The highest BCUT2D eigenvalue weighted by atomic mass is 32.1. The van der Waals surface area contributed by atoms with Crippen LogP contribution in [0.5, 0.6) is 0 Å². The van der Waals surface area contributed by atoms with Crippen LogP contribution in [0.2, 0.25) is 0 Å². The van der Waals surface area contributed by atoms with Crippen LogP contribution in [0, 0.1) is 0 Å². The summed E-state index contributed by atoms with van der Waals surface area (Å²) >= 11 is 1.86. The van der Waals surface area contributed by atoms with Crippen LogP contribution in [0.25, 0.3) is 119 Å². The highest BCUT2D eigenvalue weighted by Crippen LogP contribution is 2.53. The maximum atomic E-state index is 6.53. The third-order valence-electron chi connectivity index (χ3n) is 11.1. The summed E-state index contributed by atoms with van der Waals surface area (Å²) < 4.78 is 14.2. The molecule has 0 bridgehead atoms. The summed E-state index contributed by atoms with van der Waals surface area (Å²) in [5.74, 6) is 0. The van der Waals surface area contributed by atoms with Crippen molar-refractivity contribution >= 4 is 97.6 Å². The van der Waals surface area contributed by atoms with E-state index in [9.17, 15) is 0 Å². The molecule has 2 nitrogen and oxygen atoms in total. The van der Waals surface area contributed by atoms with E-state index < -0.39 is 0 Å².